The molecular weight excluding hydrogens is 406 g/mol. The van der Waals surface area contributed by atoms with Gasteiger partial charge in [0.15, 0.2) is 9.84 Å². The third kappa shape index (κ3) is 4.63. The molecule has 3 rings (SSSR count). The van der Waals surface area contributed by atoms with E-state index in [9.17, 15) is 16.8 Å². The predicted octanol–water partition coefficient (Wildman–Crippen LogP) is 3.59. The van der Waals surface area contributed by atoms with E-state index in [1.54, 1.807) is 48.5 Å². The maximum Gasteiger partial charge on any atom is 0.243 e. The van der Waals surface area contributed by atoms with E-state index >= 15 is 0 Å². The SMILES string of the molecule is C=C(C)[C@@H]1CN(S(=O)(=O)c2ccc(C)cc2)C[C@H]1CS(=O)(=O)c1ccc(C)cc1. The highest BCUT2D eigenvalue weighted by Gasteiger charge is 2.41. The number of aryl methyl sites for hydroxylation is 2. The van der Waals surface area contributed by atoms with Crippen LogP contribution in [-0.2, 0) is 19.9 Å². The van der Waals surface area contributed by atoms with Crippen LogP contribution < -0.4 is 0 Å². The van der Waals surface area contributed by atoms with Gasteiger partial charge < -0.3 is 0 Å². The van der Waals surface area contributed by atoms with Gasteiger partial charge >= 0.3 is 0 Å². The molecule has 0 bridgehead atoms. The minimum absolute atomic E-state index is 0.104. The molecule has 29 heavy (non-hydrogen) atoms. The van der Waals surface area contributed by atoms with Crippen molar-refractivity contribution in [1.82, 2.24) is 4.31 Å². The second-order valence-corrected chi connectivity index (χ2v) is 11.9. The van der Waals surface area contributed by atoms with Gasteiger partial charge in [-0.1, -0.05) is 47.5 Å². The first-order valence-electron chi connectivity index (χ1n) is 9.52. The second kappa shape index (κ2) is 8.05. The van der Waals surface area contributed by atoms with Crippen molar-refractivity contribution in [2.75, 3.05) is 18.8 Å². The summed E-state index contributed by atoms with van der Waals surface area (Å²) in [6.45, 7) is 10.0. The van der Waals surface area contributed by atoms with Crippen molar-refractivity contribution in [3.05, 3.63) is 71.8 Å². The van der Waals surface area contributed by atoms with Crippen molar-refractivity contribution < 1.29 is 16.8 Å². The van der Waals surface area contributed by atoms with Crippen LogP contribution in [0.2, 0.25) is 0 Å². The Hall–Kier alpha value is -1.96. The summed E-state index contributed by atoms with van der Waals surface area (Å²) in [5, 5.41) is 0. The molecule has 0 amide bonds. The summed E-state index contributed by atoms with van der Waals surface area (Å²) in [6, 6.07) is 13.5. The van der Waals surface area contributed by atoms with E-state index in [0.29, 0.717) is 0 Å². The lowest BCUT2D eigenvalue weighted by atomic mass is 9.92. The predicted molar refractivity (Wildman–Crippen MR) is 115 cm³/mol. The molecule has 1 fully saturated rings. The maximum absolute atomic E-state index is 13.1. The minimum atomic E-state index is -3.68. The Morgan fingerprint density at radius 1 is 0.897 bits per heavy atom. The quantitative estimate of drug-likeness (QED) is 0.653. The first kappa shape index (κ1) is 21.7. The molecule has 1 saturated heterocycles. The lowest BCUT2D eigenvalue weighted by Crippen LogP contribution is -2.30. The zero-order valence-electron chi connectivity index (χ0n) is 17.0. The van der Waals surface area contributed by atoms with Crippen molar-refractivity contribution in [3.63, 3.8) is 0 Å². The number of benzene rings is 2. The van der Waals surface area contributed by atoms with Crippen LogP contribution in [0.15, 0.2) is 70.5 Å². The van der Waals surface area contributed by atoms with Gasteiger partial charge in [-0.2, -0.15) is 4.31 Å². The topological polar surface area (TPSA) is 71.5 Å². The maximum atomic E-state index is 13.1. The van der Waals surface area contributed by atoms with Crippen LogP contribution in [0.4, 0.5) is 0 Å². The molecule has 2 aromatic rings. The van der Waals surface area contributed by atoms with Crippen molar-refractivity contribution >= 4 is 19.9 Å². The van der Waals surface area contributed by atoms with Crippen LogP contribution in [0.5, 0.6) is 0 Å². The van der Waals surface area contributed by atoms with Crippen LogP contribution in [-0.4, -0.2) is 40.0 Å². The average molecular weight is 434 g/mol. The van der Waals surface area contributed by atoms with E-state index in [2.05, 4.69) is 6.58 Å². The van der Waals surface area contributed by atoms with E-state index in [1.807, 2.05) is 20.8 Å². The van der Waals surface area contributed by atoms with E-state index < -0.39 is 19.9 Å². The highest BCUT2D eigenvalue weighted by atomic mass is 32.2. The van der Waals surface area contributed by atoms with Crippen LogP contribution in [0.3, 0.4) is 0 Å². The monoisotopic (exact) mass is 433 g/mol. The van der Waals surface area contributed by atoms with Gasteiger partial charge in [0.1, 0.15) is 0 Å². The van der Waals surface area contributed by atoms with Crippen LogP contribution in [0.25, 0.3) is 0 Å². The Labute approximate surface area is 174 Å². The summed E-state index contributed by atoms with van der Waals surface area (Å²) in [4.78, 5) is 0.494. The Kier molecular flexibility index (Phi) is 6.03. The van der Waals surface area contributed by atoms with Gasteiger partial charge in [0.05, 0.1) is 15.5 Å². The van der Waals surface area contributed by atoms with Gasteiger partial charge in [0, 0.05) is 13.1 Å². The van der Waals surface area contributed by atoms with Crippen molar-refractivity contribution in [2.45, 2.75) is 30.6 Å². The molecule has 156 valence electrons. The Morgan fingerprint density at radius 3 is 1.86 bits per heavy atom. The standard InChI is InChI=1S/C22H27NO4S2/c1-16(2)22-14-23(29(26,27)21-11-7-18(4)8-12-21)13-19(22)15-28(24,25)20-9-5-17(3)6-10-20/h5-12,19,22H,1,13-15H2,2-4H3/t19-,22-/m0/s1. The van der Waals surface area contributed by atoms with Crippen molar-refractivity contribution in [2.24, 2.45) is 11.8 Å². The van der Waals surface area contributed by atoms with E-state index in [-0.39, 0.29) is 40.5 Å². The van der Waals surface area contributed by atoms with Gasteiger partial charge in [0.2, 0.25) is 10.0 Å². The van der Waals surface area contributed by atoms with Gasteiger partial charge in [-0.05, 0) is 56.9 Å². The van der Waals surface area contributed by atoms with Crippen LogP contribution in [0.1, 0.15) is 18.1 Å². The van der Waals surface area contributed by atoms with Gasteiger partial charge in [-0.3, -0.25) is 0 Å². The number of rotatable bonds is 6. The van der Waals surface area contributed by atoms with Gasteiger partial charge in [0.25, 0.3) is 0 Å². The lowest BCUT2D eigenvalue weighted by Gasteiger charge is -2.18. The van der Waals surface area contributed by atoms with Gasteiger partial charge in [-0.15, -0.1) is 0 Å². The summed E-state index contributed by atoms with van der Waals surface area (Å²) in [7, 11) is -7.21. The zero-order valence-corrected chi connectivity index (χ0v) is 18.6. The third-order valence-corrected chi connectivity index (χ3v) is 9.22. The molecule has 0 saturated carbocycles. The number of hydrogen-bond acceptors (Lipinski definition) is 4. The molecule has 7 heteroatoms. The van der Waals surface area contributed by atoms with Crippen molar-refractivity contribution in [3.8, 4) is 0 Å². The Morgan fingerprint density at radius 2 is 1.38 bits per heavy atom. The largest absolute Gasteiger partial charge is 0.243 e. The molecule has 5 nitrogen and oxygen atoms in total. The summed E-state index contributed by atoms with van der Waals surface area (Å²) < 4.78 is 53.4. The molecule has 1 aliphatic rings. The minimum Gasteiger partial charge on any atom is -0.224 e. The van der Waals surface area contributed by atoms with E-state index in [0.717, 1.165) is 16.7 Å². The molecule has 0 radical (unpaired) electrons. The molecule has 0 aliphatic carbocycles. The smallest absolute Gasteiger partial charge is 0.224 e. The van der Waals surface area contributed by atoms with Crippen LogP contribution >= 0.6 is 0 Å². The molecule has 1 aliphatic heterocycles. The Balaban J connectivity index is 1.87. The summed E-state index contributed by atoms with van der Waals surface area (Å²) in [5.74, 6) is -0.637. The molecule has 0 aromatic heterocycles. The zero-order chi connectivity index (χ0) is 21.4. The molecule has 1 heterocycles. The number of sulfone groups is 1. The molecule has 2 aromatic carbocycles. The first-order chi connectivity index (χ1) is 13.5. The lowest BCUT2D eigenvalue weighted by molar-refractivity contribution is 0.463. The third-order valence-electron chi connectivity index (χ3n) is 5.51. The molecular formula is C22H27NO4S2. The molecule has 2 atom stereocenters. The normalized spacial score (nSPS) is 20.7. The molecule has 0 N–H and O–H groups in total. The number of sulfonamides is 1. The van der Waals surface area contributed by atoms with E-state index in [1.165, 1.54) is 4.31 Å². The van der Waals surface area contributed by atoms with E-state index in [4.69, 9.17) is 0 Å². The fraction of sp³-hybridized carbons (Fsp3) is 0.364. The average Bonchev–Trinajstić information content (AvgIpc) is 3.06. The molecule has 0 spiro atoms. The summed E-state index contributed by atoms with van der Waals surface area (Å²) >= 11 is 0. The Bertz CT molecular complexity index is 1100. The molecule has 0 unspecified atom stereocenters. The fourth-order valence-corrected chi connectivity index (χ4v) is 6.91. The highest BCUT2D eigenvalue weighted by Crippen LogP contribution is 2.34. The number of hydrogen-bond donors (Lipinski definition) is 0. The second-order valence-electron chi connectivity index (χ2n) is 7.94. The van der Waals surface area contributed by atoms with Crippen LogP contribution in [0, 0.1) is 25.7 Å². The van der Waals surface area contributed by atoms with Crippen molar-refractivity contribution in [1.29, 1.82) is 0 Å². The first-order valence-corrected chi connectivity index (χ1v) is 12.6. The van der Waals surface area contributed by atoms with Gasteiger partial charge in [-0.25, -0.2) is 16.8 Å². The number of nitrogens with zero attached hydrogens (tertiary/aromatic N) is 1. The summed E-state index contributed by atoms with van der Waals surface area (Å²) in [6.07, 6.45) is 0. The fourth-order valence-electron chi connectivity index (χ4n) is 3.74. The highest BCUT2D eigenvalue weighted by molar-refractivity contribution is 7.91. The summed E-state index contributed by atoms with van der Waals surface area (Å²) in [5.41, 5.74) is 2.77.